The Balaban J connectivity index is 1.22. The van der Waals surface area contributed by atoms with Crippen LogP contribution in [0.5, 0.6) is 0 Å². The SMILES string of the molecule is c1ccc(-c2ccc(N(c3ccc(-c4ccccc4)cc3)c3ccc4c(c3-c3nc5ccccc5o3)-c3cc5ccccc5cc3C4)cc2)cc1. The molecule has 1 aromatic heterocycles. The minimum atomic E-state index is 0.621. The molecule has 0 fully saturated rings. The summed E-state index contributed by atoms with van der Waals surface area (Å²) in [6, 6.07) is 64.7. The predicted molar refractivity (Wildman–Crippen MR) is 211 cm³/mol. The standard InChI is InChI=1S/C48H32N2O/c1-3-11-32(12-4-1)34-19-24-40(25-20-34)50(41-26-21-35(22-27-41)33-13-5-2-6-14-33)44-28-23-38-30-39-29-36-15-7-8-16-37(36)31-42(39)46(38)47(44)48-49-43-17-9-10-18-45(43)51-48/h1-29,31H,30H2. The minimum absolute atomic E-state index is 0.621. The molecule has 0 radical (unpaired) electrons. The summed E-state index contributed by atoms with van der Waals surface area (Å²) in [5, 5.41) is 2.48. The van der Waals surface area contributed by atoms with Gasteiger partial charge in [0.05, 0.1) is 11.3 Å². The second-order valence-electron chi connectivity index (χ2n) is 13.2. The Labute approximate surface area is 296 Å². The topological polar surface area (TPSA) is 29.3 Å². The highest BCUT2D eigenvalue weighted by molar-refractivity contribution is 6.02. The summed E-state index contributed by atoms with van der Waals surface area (Å²) >= 11 is 0. The molecule has 3 heteroatoms. The molecule has 0 amide bonds. The lowest BCUT2D eigenvalue weighted by Crippen LogP contribution is -2.12. The van der Waals surface area contributed by atoms with Crippen LogP contribution in [0.25, 0.3) is 66.7 Å². The molecule has 0 saturated carbocycles. The third-order valence-electron chi connectivity index (χ3n) is 10.1. The molecule has 240 valence electrons. The van der Waals surface area contributed by atoms with Crippen molar-refractivity contribution in [1.29, 1.82) is 0 Å². The number of fused-ring (bicyclic) bond motifs is 5. The summed E-state index contributed by atoms with van der Waals surface area (Å²) in [4.78, 5) is 7.49. The zero-order valence-corrected chi connectivity index (χ0v) is 27.8. The Kier molecular flexibility index (Phi) is 6.88. The van der Waals surface area contributed by atoms with Gasteiger partial charge in [-0.3, -0.25) is 0 Å². The number of nitrogens with zero attached hydrogens (tertiary/aromatic N) is 2. The summed E-state index contributed by atoms with van der Waals surface area (Å²) in [7, 11) is 0. The molecule has 1 aliphatic carbocycles. The molecule has 1 aliphatic rings. The largest absolute Gasteiger partial charge is 0.436 e. The fourth-order valence-electron chi connectivity index (χ4n) is 7.64. The van der Waals surface area contributed by atoms with E-state index in [9.17, 15) is 0 Å². The highest BCUT2D eigenvalue weighted by Crippen LogP contribution is 2.51. The van der Waals surface area contributed by atoms with Crippen LogP contribution in [-0.2, 0) is 6.42 Å². The molecule has 0 aliphatic heterocycles. The summed E-state index contributed by atoms with van der Waals surface area (Å²) < 4.78 is 6.66. The van der Waals surface area contributed by atoms with Crippen molar-refractivity contribution in [2.75, 3.05) is 4.90 Å². The van der Waals surface area contributed by atoms with Gasteiger partial charge in [-0.2, -0.15) is 0 Å². The lowest BCUT2D eigenvalue weighted by Gasteiger charge is -2.28. The average molecular weight is 653 g/mol. The van der Waals surface area contributed by atoms with Crippen molar-refractivity contribution in [1.82, 2.24) is 4.98 Å². The van der Waals surface area contributed by atoms with Crippen LogP contribution in [0, 0.1) is 0 Å². The van der Waals surface area contributed by atoms with Crippen molar-refractivity contribution in [2.45, 2.75) is 6.42 Å². The average Bonchev–Trinajstić information content (AvgIpc) is 3.79. The molecule has 0 bridgehead atoms. The lowest BCUT2D eigenvalue weighted by atomic mass is 9.94. The van der Waals surface area contributed by atoms with Crippen molar-refractivity contribution >= 4 is 38.9 Å². The molecule has 10 rings (SSSR count). The van der Waals surface area contributed by atoms with Crippen molar-refractivity contribution in [2.24, 2.45) is 0 Å². The van der Waals surface area contributed by atoms with E-state index in [2.05, 4.69) is 163 Å². The summed E-state index contributed by atoms with van der Waals surface area (Å²) in [5.41, 5.74) is 15.5. The number of hydrogen-bond donors (Lipinski definition) is 0. The number of aromatic nitrogens is 1. The van der Waals surface area contributed by atoms with E-state index in [1.54, 1.807) is 0 Å². The molecule has 0 spiro atoms. The molecular formula is C48H32N2O. The van der Waals surface area contributed by atoms with Crippen molar-refractivity contribution in [3.63, 3.8) is 0 Å². The van der Waals surface area contributed by atoms with Crippen LogP contribution in [0.4, 0.5) is 17.1 Å². The van der Waals surface area contributed by atoms with Gasteiger partial charge >= 0.3 is 0 Å². The van der Waals surface area contributed by atoms with Crippen molar-refractivity contribution < 1.29 is 4.42 Å². The summed E-state index contributed by atoms with van der Waals surface area (Å²) in [6.45, 7) is 0. The zero-order valence-electron chi connectivity index (χ0n) is 27.8. The quantitative estimate of drug-likeness (QED) is 0.179. The van der Waals surface area contributed by atoms with Gasteiger partial charge in [0.1, 0.15) is 5.52 Å². The zero-order chi connectivity index (χ0) is 33.7. The van der Waals surface area contributed by atoms with Gasteiger partial charge in [-0.05, 0) is 105 Å². The first-order valence-corrected chi connectivity index (χ1v) is 17.4. The predicted octanol–water partition coefficient (Wildman–Crippen LogP) is 13.0. The number of para-hydroxylation sites is 2. The maximum absolute atomic E-state index is 6.66. The van der Waals surface area contributed by atoms with Crippen LogP contribution in [0.3, 0.4) is 0 Å². The van der Waals surface area contributed by atoms with E-state index in [0.717, 1.165) is 40.1 Å². The summed E-state index contributed by atoms with van der Waals surface area (Å²) in [6.07, 6.45) is 0.862. The lowest BCUT2D eigenvalue weighted by molar-refractivity contribution is 0.620. The first kappa shape index (κ1) is 29.2. The molecule has 0 atom stereocenters. The van der Waals surface area contributed by atoms with Gasteiger partial charge in [0.25, 0.3) is 0 Å². The number of benzene rings is 8. The molecule has 0 unspecified atom stereocenters. The second kappa shape index (κ2) is 12.0. The Morgan fingerprint density at radius 3 is 1.63 bits per heavy atom. The number of oxazole rings is 1. The smallest absolute Gasteiger partial charge is 0.230 e. The molecule has 1 heterocycles. The molecular weight excluding hydrogens is 621 g/mol. The van der Waals surface area contributed by atoms with Gasteiger partial charge in [-0.1, -0.05) is 133 Å². The molecule has 0 saturated heterocycles. The van der Waals surface area contributed by atoms with E-state index in [1.165, 1.54) is 55.3 Å². The fraction of sp³-hybridized carbons (Fsp3) is 0.0208. The molecule has 9 aromatic rings. The van der Waals surface area contributed by atoms with Crippen LogP contribution in [0.2, 0.25) is 0 Å². The Morgan fingerprint density at radius 2 is 1.00 bits per heavy atom. The Morgan fingerprint density at radius 1 is 0.451 bits per heavy atom. The number of rotatable bonds is 6. The molecule has 3 nitrogen and oxygen atoms in total. The van der Waals surface area contributed by atoms with E-state index in [1.807, 2.05) is 24.3 Å². The van der Waals surface area contributed by atoms with Gasteiger partial charge in [-0.15, -0.1) is 0 Å². The minimum Gasteiger partial charge on any atom is -0.436 e. The second-order valence-corrected chi connectivity index (χ2v) is 13.2. The Bertz CT molecular complexity index is 2580. The maximum Gasteiger partial charge on any atom is 0.230 e. The normalized spacial score (nSPS) is 11.8. The van der Waals surface area contributed by atoms with Crippen LogP contribution in [0.1, 0.15) is 11.1 Å². The Hall–Kier alpha value is -6.71. The van der Waals surface area contributed by atoms with Crippen LogP contribution in [-0.4, -0.2) is 4.98 Å². The van der Waals surface area contributed by atoms with Gasteiger partial charge in [0, 0.05) is 16.9 Å². The van der Waals surface area contributed by atoms with Gasteiger partial charge in [0.2, 0.25) is 5.89 Å². The highest BCUT2D eigenvalue weighted by Gasteiger charge is 2.30. The highest BCUT2D eigenvalue weighted by atomic mass is 16.3. The van der Waals surface area contributed by atoms with E-state index >= 15 is 0 Å². The first-order valence-electron chi connectivity index (χ1n) is 17.4. The molecule has 8 aromatic carbocycles. The van der Waals surface area contributed by atoms with Crippen LogP contribution in [0.15, 0.2) is 186 Å². The number of hydrogen-bond acceptors (Lipinski definition) is 3. The third-order valence-corrected chi connectivity index (χ3v) is 10.1. The van der Waals surface area contributed by atoms with E-state index in [0.29, 0.717) is 5.89 Å². The maximum atomic E-state index is 6.66. The van der Waals surface area contributed by atoms with Crippen LogP contribution >= 0.6 is 0 Å². The summed E-state index contributed by atoms with van der Waals surface area (Å²) in [5.74, 6) is 0.621. The van der Waals surface area contributed by atoms with E-state index < -0.39 is 0 Å². The van der Waals surface area contributed by atoms with E-state index in [4.69, 9.17) is 9.40 Å². The molecule has 0 N–H and O–H groups in total. The third kappa shape index (κ3) is 5.10. The monoisotopic (exact) mass is 652 g/mol. The van der Waals surface area contributed by atoms with Gasteiger partial charge in [0.15, 0.2) is 5.58 Å². The van der Waals surface area contributed by atoms with Crippen molar-refractivity contribution in [3.8, 4) is 44.8 Å². The van der Waals surface area contributed by atoms with Gasteiger partial charge < -0.3 is 9.32 Å². The van der Waals surface area contributed by atoms with Gasteiger partial charge in [-0.25, -0.2) is 4.98 Å². The first-order chi connectivity index (χ1) is 25.3. The molecule has 51 heavy (non-hydrogen) atoms. The number of anilines is 3. The van der Waals surface area contributed by atoms with Crippen molar-refractivity contribution in [3.05, 3.63) is 193 Å². The van der Waals surface area contributed by atoms with E-state index in [-0.39, 0.29) is 0 Å². The van der Waals surface area contributed by atoms with Crippen LogP contribution < -0.4 is 4.90 Å². The fourth-order valence-corrected chi connectivity index (χ4v) is 7.64.